The zero-order valence-corrected chi connectivity index (χ0v) is 14.7. The zero-order valence-electron chi connectivity index (χ0n) is 14.7. The van der Waals surface area contributed by atoms with Gasteiger partial charge >= 0.3 is 6.09 Å². The number of carbonyl (C=O) groups excluding carboxylic acids is 1. The first-order valence-corrected chi connectivity index (χ1v) is 7.82. The number of nitrogens with one attached hydrogen (secondary N) is 2. The van der Waals surface area contributed by atoms with E-state index in [9.17, 15) is 4.79 Å². The van der Waals surface area contributed by atoms with E-state index >= 15 is 0 Å². The number of ether oxygens (including phenoxy) is 1. The maximum atomic E-state index is 12.0. The molecule has 0 saturated carbocycles. The molecule has 0 aromatic heterocycles. The van der Waals surface area contributed by atoms with Crippen LogP contribution in [0.5, 0.6) is 0 Å². The average molecular weight is 306 g/mol. The van der Waals surface area contributed by atoms with Crippen molar-refractivity contribution in [1.29, 1.82) is 0 Å². The molecule has 0 aliphatic carbocycles. The Morgan fingerprint density at radius 2 is 1.68 bits per heavy atom. The van der Waals surface area contributed by atoms with Crippen LogP contribution in [0.15, 0.2) is 30.3 Å². The fraction of sp³-hybridized carbons (Fsp3) is 0.611. The lowest BCUT2D eigenvalue weighted by Gasteiger charge is -2.26. The summed E-state index contributed by atoms with van der Waals surface area (Å²) in [5, 5.41) is 6.37. The van der Waals surface area contributed by atoms with Gasteiger partial charge in [0.05, 0.1) is 6.04 Å². The molecule has 0 aliphatic heterocycles. The SMILES string of the molecule is CC(C)(C)CNCC(NC(=O)OC(C)(C)C)c1ccccc1. The van der Waals surface area contributed by atoms with Crippen molar-refractivity contribution in [2.45, 2.75) is 53.2 Å². The highest BCUT2D eigenvalue weighted by Gasteiger charge is 2.21. The standard InChI is InChI=1S/C18H30N2O2/c1-17(2,3)13-19-12-15(14-10-8-7-9-11-14)20-16(21)22-18(4,5)6/h7-11,15,19H,12-13H2,1-6H3,(H,20,21). The summed E-state index contributed by atoms with van der Waals surface area (Å²) >= 11 is 0. The van der Waals surface area contributed by atoms with Crippen LogP contribution in [0.1, 0.15) is 53.1 Å². The second-order valence-corrected chi connectivity index (χ2v) is 7.80. The third-order valence-electron chi connectivity index (χ3n) is 2.90. The summed E-state index contributed by atoms with van der Waals surface area (Å²) in [5.41, 5.74) is 0.770. The Labute approximate surface area is 134 Å². The minimum atomic E-state index is -0.496. The molecule has 4 nitrogen and oxygen atoms in total. The summed E-state index contributed by atoms with van der Waals surface area (Å²) in [4.78, 5) is 12.0. The van der Waals surface area contributed by atoms with Gasteiger partial charge in [-0.15, -0.1) is 0 Å². The molecular weight excluding hydrogens is 276 g/mol. The summed E-state index contributed by atoms with van der Waals surface area (Å²) < 4.78 is 5.36. The van der Waals surface area contributed by atoms with Gasteiger partial charge in [0, 0.05) is 13.1 Å². The number of hydrogen-bond donors (Lipinski definition) is 2. The van der Waals surface area contributed by atoms with E-state index in [4.69, 9.17) is 4.74 Å². The van der Waals surface area contributed by atoms with Gasteiger partial charge in [0.15, 0.2) is 0 Å². The van der Waals surface area contributed by atoms with E-state index in [2.05, 4.69) is 31.4 Å². The van der Waals surface area contributed by atoms with Crippen LogP contribution in [-0.4, -0.2) is 24.8 Å². The monoisotopic (exact) mass is 306 g/mol. The molecule has 1 aromatic carbocycles. The van der Waals surface area contributed by atoms with Gasteiger partial charge in [-0.25, -0.2) is 4.79 Å². The van der Waals surface area contributed by atoms with Gasteiger partial charge < -0.3 is 15.4 Å². The van der Waals surface area contributed by atoms with Gasteiger partial charge in [-0.2, -0.15) is 0 Å². The van der Waals surface area contributed by atoms with Crippen LogP contribution < -0.4 is 10.6 Å². The molecule has 1 unspecified atom stereocenters. The first-order chi connectivity index (χ1) is 10.1. The minimum Gasteiger partial charge on any atom is -0.444 e. The lowest BCUT2D eigenvalue weighted by Crippen LogP contribution is -2.40. The number of alkyl carbamates (subject to hydrolysis) is 1. The molecule has 0 heterocycles. The maximum absolute atomic E-state index is 12.0. The summed E-state index contributed by atoms with van der Waals surface area (Å²) in [6.07, 6.45) is -0.390. The third kappa shape index (κ3) is 8.03. The smallest absolute Gasteiger partial charge is 0.408 e. The molecule has 0 saturated heterocycles. The van der Waals surface area contributed by atoms with Crippen LogP contribution in [0.3, 0.4) is 0 Å². The van der Waals surface area contributed by atoms with E-state index < -0.39 is 5.60 Å². The number of amides is 1. The van der Waals surface area contributed by atoms with Crippen LogP contribution in [-0.2, 0) is 4.74 Å². The molecule has 1 rings (SSSR count). The minimum absolute atomic E-state index is 0.113. The summed E-state index contributed by atoms with van der Waals surface area (Å²) in [5.74, 6) is 0. The van der Waals surface area contributed by atoms with E-state index in [-0.39, 0.29) is 17.6 Å². The molecule has 0 radical (unpaired) electrons. The Morgan fingerprint density at radius 3 is 2.18 bits per heavy atom. The molecule has 22 heavy (non-hydrogen) atoms. The number of hydrogen-bond acceptors (Lipinski definition) is 3. The summed E-state index contributed by atoms with van der Waals surface area (Å²) in [6.45, 7) is 13.7. The van der Waals surface area contributed by atoms with Gasteiger partial charge in [-0.3, -0.25) is 0 Å². The van der Waals surface area contributed by atoms with Gasteiger partial charge in [0.2, 0.25) is 0 Å². The van der Waals surface area contributed by atoms with Gasteiger partial charge in [0.25, 0.3) is 0 Å². The van der Waals surface area contributed by atoms with Crippen LogP contribution in [0.25, 0.3) is 0 Å². The quantitative estimate of drug-likeness (QED) is 0.867. The Morgan fingerprint density at radius 1 is 1.09 bits per heavy atom. The van der Waals surface area contributed by atoms with Crippen molar-refractivity contribution >= 4 is 6.09 Å². The molecule has 0 spiro atoms. The molecule has 2 N–H and O–H groups in total. The number of carbonyl (C=O) groups is 1. The molecular formula is C18H30N2O2. The highest BCUT2D eigenvalue weighted by atomic mass is 16.6. The highest BCUT2D eigenvalue weighted by Crippen LogP contribution is 2.15. The van der Waals surface area contributed by atoms with Crippen molar-refractivity contribution in [2.75, 3.05) is 13.1 Å². The normalized spacial score (nSPS) is 13.5. The molecule has 124 valence electrons. The van der Waals surface area contributed by atoms with Crippen LogP contribution in [0.2, 0.25) is 0 Å². The van der Waals surface area contributed by atoms with Gasteiger partial charge in [-0.1, -0.05) is 51.1 Å². The van der Waals surface area contributed by atoms with Crippen molar-refractivity contribution in [3.8, 4) is 0 Å². The molecule has 1 atom stereocenters. The molecule has 1 amide bonds. The fourth-order valence-electron chi connectivity index (χ4n) is 1.98. The molecule has 0 fully saturated rings. The first-order valence-electron chi connectivity index (χ1n) is 7.82. The maximum Gasteiger partial charge on any atom is 0.408 e. The van der Waals surface area contributed by atoms with E-state index in [1.54, 1.807) is 0 Å². The Balaban J connectivity index is 2.69. The number of benzene rings is 1. The van der Waals surface area contributed by atoms with Crippen LogP contribution in [0, 0.1) is 5.41 Å². The van der Waals surface area contributed by atoms with Crippen molar-refractivity contribution < 1.29 is 9.53 Å². The molecule has 1 aromatic rings. The highest BCUT2D eigenvalue weighted by molar-refractivity contribution is 5.68. The predicted octanol–water partition coefficient (Wildman–Crippen LogP) is 3.89. The Kier molecular flexibility index (Phi) is 6.42. The third-order valence-corrected chi connectivity index (χ3v) is 2.90. The van der Waals surface area contributed by atoms with Crippen molar-refractivity contribution in [3.63, 3.8) is 0 Å². The fourth-order valence-corrected chi connectivity index (χ4v) is 1.98. The van der Waals surface area contributed by atoms with E-state index in [0.29, 0.717) is 6.54 Å². The van der Waals surface area contributed by atoms with E-state index in [1.165, 1.54) is 0 Å². The largest absolute Gasteiger partial charge is 0.444 e. The first kappa shape index (κ1) is 18.5. The van der Waals surface area contributed by atoms with Crippen LogP contribution in [0.4, 0.5) is 4.79 Å². The Hall–Kier alpha value is -1.55. The van der Waals surface area contributed by atoms with Crippen molar-refractivity contribution in [1.82, 2.24) is 10.6 Å². The van der Waals surface area contributed by atoms with E-state index in [1.807, 2.05) is 51.1 Å². The lowest BCUT2D eigenvalue weighted by molar-refractivity contribution is 0.0503. The zero-order chi connectivity index (χ0) is 16.8. The average Bonchev–Trinajstić information content (AvgIpc) is 2.35. The summed E-state index contributed by atoms with van der Waals surface area (Å²) in [6, 6.07) is 9.84. The van der Waals surface area contributed by atoms with E-state index in [0.717, 1.165) is 12.1 Å². The van der Waals surface area contributed by atoms with Crippen molar-refractivity contribution in [3.05, 3.63) is 35.9 Å². The second kappa shape index (κ2) is 7.63. The van der Waals surface area contributed by atoms with Gasteiger partial charge in [-0.05, 0) is 31.7 Å². The van der Waals surface area contributed by atoms with Gasteiger partial charge in [0.1, 0.15) is 5.60 Å². The van der Waals surface area contributed by atoms with Crippen molar-refractivity contribution in [2.24, 2.45) is 5.41 Å². The van der Waals surface area contributed by atoms with Crippen LogP contribution >= 0.6 is 0 Å². The number of rotatable bonds is 5. The summed E-state index contributed by atoms with van der Waals surface area (Å²) in [7, 11) is 0. The molecule has 0 bridgehead atoms. The second-order valence-electron chi connectivity index (χ2n) is 7.80. The topological polar surface area (TPSA) is 50.4 Å². The molecule has 4 heteroatoms. The molecule has 0 aliphatic rings. The Bertz CT molecular complexity index is 458. The predicted molar refractivity (Wildman–Crippen MR) is 90.9 cm³/mol. The lowest BCUT2D eigenvalue weighted by atomic mass is 9.96.